The molecule has 0 spiro atoms. The van der Waals surface area contributed by atoms with E-state index in [-0.39, 0.29) is 24.9 Å². The lowest BCUT2D eigenvalue weighted by Gasteiger charge is -2.37. The molecule has 0 saturated heterocycles. The topological polar surface area (TPSA) is 93.8 Å². The van der Waals surface area contributed by atoms with Crippen molar-refractivity contribution in [1.29, 1.82) is 0 Å². The van der Waals surface area contributed by atoms with Crippen molar-refractivity contribution in [3.63, 3.8) is 0 Å². The smallest absolute Gasteiger partial charge is 0.308 e. The van der Waals surface area contributed by atoms with Crippen molar-refractivity contribution >= 4 is 23.5 Å². The molecule has 4 rings (SSSR count). The van der Waals surface area contributed by atoms with Gasteiger partial charge in [-0.2, -0.15) is 5.10 Å². The van der Waals surface area contributed by atoms with Crippen LogP contribution in [-0.2, 0) is 16.0 Å². The van der Waals surface area contributed by atoms with E-state index >= 15 is 0 Å². The standard InChI is InChI=1S/C25H26ClN3O5/c1-4-34-24(30)14-21-17-12-23(33-3)22(32-2)11-15(17)9-10-29(21)25(31)20-13-19(27-28-20)16-7-5-6-8-18(16)26/h5-8,11-13,21H,4,9-10,14H2,1-3H3,(H,27,28). The van der Waals surface area contributed by atoms with Crippen molar-refractivity contribution < 1.29 is 23.8 Å². The minimum atomic E-state index is -0.526. The van der Waals surface area contributed by atoms with Crippen molar-refractivity contribution in [2.75, 3.05) is 27.4 Å². The number of aromatic nitrogens is 2. The average molecular weight is 484 g/mol. The Kier molecular flexibility index (Phi) is 7.07. The summed E-state index contributed by atoms with van der Waals surface area (Å²) in [7, 11) is 3.13. The van der Waals surface area contributed by atoms with E-state index in [1.54, 1.807) is 38.2 Å². The fraction of sp³-hybridized carbons (Fsp3) is 0.320. The monoisotopic (exact) mass is 483 g/mol. The molecule has 0 saturated carbocycles. The largest absolute Gasteiger partial charge is 0.493 e. The fourth-order valence-electron chi connectivity index (χ4n) is 4.26. The van der Waals surface area contributed by atoms with E-state index in [0.29, 0.717) is 40.9 Å². The molecule has 1 amide bonds. The lowest BCUT2D eigenvalue weighted by molar-refractivity contribution is -0.144. The predicted octanol–water partition coefficient (Wildman–Crippen LogP) is 4.44. The van der Waals surface area contributed by atoms with Gasteiger partial charge in [-0.15, -0.1) is 0 Å². The molecule has 1 aliphatic rings. The van der Waals surface area contributed by atoms with Crippen LogP contribution in [0.1, 0.15) is 41.0 Å². The number of H-pyrrole nitrogens is 1. The number of fused-ring (bicyclic) bond motifs is 1. The molecular formula is C25H26ClN3O5. The number of hydrogen-bond acceptors (Lipinski definition) is 6. The maximum Gasteiger partial charge on any atom is 0.308 e. The van der Waals surface area contributed by atoms with Crippen LogP contribution in [0, 0.1) is 0 Å². The number of benzene rings is 2. The molecule has 178 valence electrons. The number of aromatic amines is 1. The van der Waals surface area contributed by atoms with Gasteiger partial charge in [0.05, 0.1) is 44.0 Å². The van der Waals surface area contributed by atoms with E-state index < -0.39 is 6.04 Å². The van der Waals surface area contributed by atoms with E-state index in [1.807, 2.05) is 30.3 Å². The SMILES string of the molecule is CCOC(=O)CC1c2cc(OC)c(OC)cc2CCN1C(=O)c1cc(-c2ccccc2Cl)n[nH]1. The van der Waals surface area contributed by atoms with E-state index in [1.165, 1.54) is 0 Å². The number of nitrogens with one attached hydrogen (secondary N) is 1. The summed E-state index contributed by atoms with van der Waals surface area (Å²) < 4.78 is 16.1. The molecule has 1 unspecified atom stereocenters. The van der Waals surface area contributed by atoms with Gasteiger partial charge in [0.1, 0.15) is 5.69 Å². The van der Waals surface area contributed by atoms with Gasteiger partial charge in [-0.3, -0.25) is 14.7 Å². The highest BCUT2D eigenvalue weighted by molar-refractivity contribution is 6.33. The molecule has 34 heavy (non-hydrogen) atoms. The molecule has 1 atom stereocenters. The third kappa shape index (κ3) is 4.59. The first-order chi connectivity index (χ1) is 16.5. The van der Waals surface area contributed by atoms with Crippen molar-refractivity contribution in [3.8, 4) is 22.8 Å². The molecule has 9 heteroatoms. The zero-order valence-corrected chi connectivity index (χ0v) is 20.0. The second kappa shape index (κ2) is 10.2. The molecule has 3 aromatic rings. The van der Waals surface area contributed by atoms with Crippen LogP contribution >= 0.6 is 11.6 Å². The van der Waals surface area contributed by atoms with Gasteiger partial charge in [0.25, 0.3) is 5.91 Å². The second-order valence-corrected chi connectivity index (χ2v) is 8.23. The Labute approximate surface area is 202 Å². The van der Waals surface area contributed by atoms with Crippen LogP contribution in [0.25, 0.3) is 11.3 Å². The lowest BCUT2D eigenvalue weighted by Crippen LogP contribution is -2.41. The molecule has 0 fully saturated rings. The van der Waals surface area contributed by atoms with Crippen molar-refractivity contribution in [2.24, 2.45) is 0 Å². The summed E-state index contributed by atoms with van der Waals surface area (Å²) in [5.74, 6) is 0.496. The molecule has 0 bridgehead atoms. The highest BCUT2D eigenvalue weighted by Crippen LogP contribution is 2.40. The molecule has 8 nitrogen and oxygen atoms in total. The molecule has 1 aromatic heterocycles. The van der Waals surface area contributed by atoms with Gasteiger partial charge in [0.2, 0.25) is 0 Å². The van der Waals surface area contributed by atoms with Crippen LogP contribution in [0.5, 0.6) is 11.5 Å². The molecule has 0 radical (unpaired) electrons. The minimum absolute atomic E-state index is 0.0214. The van der Waals surface area contributed by atoms with Gasteiger partial charge in [0.15, 0.2) is 11.5 Å². The summed E-state index contributed by atoms with van der Waals surface area (Å²) in [5.41, 5.74) is 3.43. The predicted molar refractivity (Wildman–Crippen MR) is 127 cm³/mol. The number of carbonyl (C=O) groups is 2. The molecule has 1 N–H and O–H groups in total. The number of rotatable bonds is 7. The van der Waals surface area contributed by atoms with Gasteiger partial charge < -0.3 is 19.1 Å². The van der Waals surface area contributed by atoms with Crippen LogP contribution in [0.2, 0.25) is 5.02 Å². The molecule has 2 heterocycles. The van der Waals surface area contributed by atoms with Crippen molar-refractivity contribution in [1.82, 2.24) is 15.1 Å². The third-order valence-electron chi connectivity index (χ3n) is 5.89. The highest BCUT2D eigenvalue weighted by atomic mass is 35.5. The summed E-state index contributed by atoms with van der Waals surface area (Å²) in [6.45, 7) is 2.44. The maximum atomic E-state index is 13.6. The highest BCUT2D eigenvalue weighted by Gasteiger charge is 2.35. The van der Waals surface area contributed by atoms with E-state index in [9.17, 15) is 9.59 Å². The van der Waals surface area contributed by atoms with Gasteiger partial charge in [0, 0.05) is 12.1 Å². The van der Waals surface area contributed by atoms with Gasteiger partial charge in [-0.25, -0.2) is 0 Å². The zero-order valence-electron chi connectivity index (χ0n) is 19.3. The normalized spacial score (nSPS) is 14.9. The van der Waals surface area contributed by atoms with Gasteiger partial charge in [-0.05, 0) is 48.7 Å². The van der Waals surface area contributed by atoms with Crippen LogP contribution in [0.4, 0.5) is 0 Å². The van der Waals surface area contributed by atoms with Crippen LogP contribution in [-0.4, -0.2) is 54.3 Å². The van der Waals surface area contributed by atoms with Crippen LogP contribution in [0.3, 0.4) is 0 Å². The zero-order chi connectivity index (χ0) is 24.2. The number of esters is 1. The number of halogens is 1. The summed E-state index contributed by atoms with van der Waals surface area (Å²) in [5, 5.41) is 7.66. The molecule has 0 aliphatic carbocycles. The van der Waals surface area contributed by atoms with E-state index in [2.05, 4.69) is 10.2 Å². The molecule has 1 aliphatic heterocycles. The first-order valence-electron chi connectivity index (χ1n) is 11.0. The van der Waals surface area contributed by atoms with Crippen LogP contribution < -0.4 is 9.47 Å². The number of carbonyl (C=O) groups excluding carboxylic acids is 2. The Hall–Kier alpha value is -3.52. The Morgan fingerprint density at radius 1 is 1.15 bits per heavy atom. The minimum Gasteiger partial charge on any atom is -0.493 e. The number of hydrogen-bond donors (Lipinski definition) is 1. The number of amides is 1. The summed E-state index contributed by atoms with van der Waals surface area (Å²) in [6.07, 6.45) is 0.625. The summed E-state index contributed by atoms with van der Waals surface area (Å²) in [6, 6.07) is 12.2. The summed E-state index contributed by atoms with van der Waals surface area (Å²) >= 11 is 6.29. The maximum absolute atomic E-state index is 13.6. The van der Waals surface area contributed by atoms with Crippen molar-refractivity contribution in [2.45, 2.75) is 25.8 Å². The summed E-state index contributed by atoms with van der Waals surface area (Å²) in [4.78, 5) is 27.7. The molecule has 2 aromatic carbocycles. The molecular weight excluding hydrogens is 458 g/mol. The Morgan fingerprint density at radius 2 is 1.88 bits per heavy atom. The quantitative estimate of drug-likeness (QED) is 0.499. The van der Waals surface area contributed by atoms with Gasteiger partial charge in [-0.1, -0.05) is 29.8 Å². The van der Waals surface area contributed by atoms with Crippen molar-refractivity contribution in [3.05, 3.63) is 64.3 Å². The van der Waals surface area contributed by atoms with E-state index in [0.717, 1.165) is 16.7 Å². The second-order valence-electron chi connectivity index (χ2n) is 7.83. The van der Waals surface area contributed by atoms with E-state index in [4.69, 9.17) is 25.8 Å². The number of nitrogens with zero attached hydrogens (tertiary/aromatic N) is 2. The average Bonchev–Trinajstić information content (AvgIpc) is 3.33. The van der Waals surface area contributed by atoms with Crippen LogP contribution in [0.15, 0.2) is 42.5 Å². The first-order valence-corrected chi connectivity index (χ1v) is 11.4. The third-order valence-corrected chi connectivity index (χ3v) is 6.22. The lowest BCUT2D eigenvalue weighted by atomic mass is 9.89. The number of methoxy groups -OCH3 is 2. The Bertz CT molecular complexity index is 1210. The number of ether oxygens (including phenoxy) is 3. The fourth-order valence-corrected chi connectivity index (χ4v) is 4.49. The van der Waals surface area contributed by atoms with Gasteiger partial charge >= 0.3 is 5.97 Å². The Balaban J connectivity index is 1.70. The Morgan fingerprint density at radius 3 is 2.59 bits per heavy atom. The first kappa shape index (κ1) is 23.6.